The van der Waals surface area contributed by atoms with Crippen molar-refractivity contribution >= 4 is 39.6 Å². The van der Waals surface area contributed by atoms with Crippen molar-refractivity contribution in [1.29, 1.82) is 0 Å². The Morgan fingerprint density at radius 3 is 2.51 bits per heavy atom. The summed E-state index contributed by atoms with van der Waals surface area (Å²) in [5.41, 5.74) is 5.13. The Balaban J connectivity index is 1.89. The highest BCUT2D eigenvalue weighted by Gasteiger charge is 2.50. The Labute approximate surface area is 205 Å². The number of fused-ring (bicyclic) bond motifs is 1. The highest BCUT2D eigenvalue weighted by molar-refractivity contribution is 7.16. The van der Waals surface area contributed by atoms with Crippen LogP contribution in [-0.2, 0) is 28.5 Å². The maximum absolute atomic E-state index is 12.9. The zero-order valence-corrected chi connectivity index (χ0v) is 20.9. The first-order chi connectivity index (χ1) is 16.7. The molecule has 0 saturated carbocycles. The van der Waals surface area contributed by atoms with E-state index in [4.69, 9.17) is 24.7 Å². The van der Waals surface area contributed by atoms with Gasteiger partial charge in [0.15, 0.2) is 18.0 Å². The summed E-state index contributed by atoms with van der Waals surface area (Å²) >= 11 is 0.672. The van der Waals surface area contributed by atoms with Gasteiger partial charge in [-0.1, -0.05) is 50.4 Å². The number of unbranched alkanes of at least 4 members (excludes halogenated alkanes) is 5. The number of hydrogen-bond acceptors (Lipinski definition) is 11. The standard InChI is InChI=1S/C22H32N4O8S/c1-4-5-6-7-8-9-10-31-15-14(11-32-12(2)27)34-20(16(15)33-13(3)28)26-18-17(35-22(26)30)19(29)25-21(23)24-18/h14-16,20H,4-11H2,1-3H3,(H3,23,24,25,29)/t14-,15+,16-,20-/m1/s1. The molecule has 0 bridgehead atoms. The molecule has 1 saturated heterocycles. The van der Waals surface area contributed by atoms with Crippen LogP contribution in [0.2, 0.25) is 0 Å². The zero-order chi connectivity index (χ0) is 25.5. The molecule has 3 rings (SSSR count). The summed E-state index contributed by atoms with van der Waals surface area (Å²) in [6, 6.07) is 0. The molecule has 2 aromatic heterocycles. The van der Waals surface area contributed by atoms with Crippen molar-refractivity contribution in [2.45, 2.75) is 83.8 Å². The number of nitrogens with two attached hydrogens (primary N) is 1. The lowest BCUT2D eigenvalue weighted by Crippen LogP contribution is -2.40. The van der Waals surface area contributed by atoms with E-state index in [1.807, 2.05) is 0 Å². The summed E-state index contributed by atoms with van der Waals surface area (Å²) in [7, 11) is 0. The molecule has 0 amide bonds. The van der Waals surface area contributed by atoms with Crippen LogP contribution in [0.1, 0.15) is 65.5 Å². The molecule has 4 atom stereocenters. The van der Waals surface area contributed by atoms with Gasteiger partial charge in [0.2, 0.25) is 5.95 Å². The number of esters is 2. The average Bonchev–Trinajstić information content (AvgIpc) is 3.28. The number of carbonyl (C=O) groups is 2. The number of nitrogens with one attached hydrogen (secondary N) is 1. The van der Waals surface area contributed by atoms with Gasteiger partial charge >= 0.3 is 16.8 Å². The maximum Gasteiger partial charge on any atom is 0.311 e. The molecule has 1 fully saturated rings. The van der Waals surface area contributed by atoms with Gasteiger partial charge in [-0.2, -0.15) is 4.98 Å². The predicted octanol–water partition coefficient (Wildman–Crippen LogP) is 1.87. The first-order valence-electron chi connectivity index (χ1n) is 11.7. The van der Waals surface area contributed by atoms with Gasteiger partial charge in [-0.05, 0) is 6.42 Å². The van der Waals surface area contributed by atoms with Gasteiger partial charge in [0, 0.05) is 20.5 Å². The second-order valence-corrected chi connectivity index (χ2v) is 9.35. The monoisotopic (exact) mass is 512 g/mol. The minimum Gasteiger partial charge on any atom is -0.463 e. The van der Waals surface area contributed by atoms with E-state index in [9.17, 15) is 19.2 Å². The fourth-order valence-electron chi connectivity index (χ4n) is 4.04. The number of rotatable bonds is 12. The quantitative estimate of drug-likeness (QED) is 0.317. The molecule has 3 heterocycles. The first-order valence-corrected chi connectivity index (χ1v) is 12.5. The van der Waals surface area contributed by atoms with Crippen molar-refractivity contribution in [2.24, 2.45) is 0 Å². The van der Waals surface area contributed by atoms with Gasteiger partial charge < -0.3 is 24.7 Å². The van der Waals surface area contributed by atoms with Crippen LogP contribution in [0.3, 0.4) is 0 Å². The second kappa shape index (κ2) is 12.3. The molecule has 1 aliphatic rings. The summed E-state index contributed by atoms with van der Waals surface area (Å²) in [5, 5.41) is 0. The van der Waals surface area contributed by atoms with Crippen molar-refractivity contribution in [2.75, 3.05) is 18.9 Å². The molecule has 0 unspecified atom stereocenters. The summed E-state index contributed by atoms with van der Waals surface area (Å²) < 4.78 is 24.0. The molecular weight excluding hydrogens is 480 g/mol. The Bertz CT molecular complexity index is 1140. The molecule has 3 N–H and O–H groups in total. The lowest BCUT2D eigenvalue weighted by Gasteiger charge is -2.24. The minimum absolute atomic E-state index is 0.00575. The van der Waals surface area contributed by atoms with Gasteiger partial charge in [-0.15, -0.1) is 0 Å². The Morgan fingerprint density at radius 1 is 1.11 bits per heavy atom. The normalized spacial score (nSPS) is 21.9. The number of nitrogens with zero attached hydrogens (tertiary/aromatic N) is 2. The molecule has 12 nitrogen and oxygen atoms in total. The van der Waals surface area contributed by atoms with E-state index in [2.05, 4.69) is 16.9 Å². The van der Waals surface area contributed by atoms with Crippen molar-refractivity contribution < 1.29 is 28.5 Å². The molecular formula is C22H32N4O8S. The second-order valence-electron chi connectivity index (χ2n) is 8.39. The highest BCUT2D eigenvalue weighted by atomic mass is 32.1. The molecule has 0 aromatic carbocycles. The van der Waals surface area contributed by atoms with Crippen LogP contribution in [0.4, 0.5) is 5.95 Å². The molecule has 0 spiro atoms. The Hall–Kier alpha value is -2.77. The van der Waals surface area contributed by atoms with E-state index in [0.717, 1.165) is 36.7 Å². The van der Waals surface area contributed by atoms with Crippen LogP contribution < -0.4 is 16.2 Å². The lowest BCUT2D eigenvalue weighted by molar-refractivity contribution is -0.158. The van der Waals surface area contributed by atoms with Crippen molar-refractivity contribution in [3.63, 3.8) is 0 Å². The minimum atomic E-state index is -1.16. The zero-order valence-electron chi connectivity index (χ0n) is 20.1. The number of anilines is 1. The first kappa shape index (κ1) is 26.8. The fraction of sp³-hybridized carbons (Fsp3) is 0.682. The molecule has 0 aliphatic carbocycles. The topological polar surface area (TPSA) is 165 Å². The number of hydrogen-bond donors (Lipinski definition) is 2. The lowest BCUT2D eigenvalue weighted by atomic mass is 10.1. The van der Waals surface area contributed by atoms with Gasteiger partial charge in [0.25, 0.3) is 5.56 Å². The van der Waals surface area contributed by atoms with E-state index >= 15 is 0 Å². The number of H-pyrrole nitrogens is 1. The number of ether oxygens (including phenoxy) is 4. The van der Waals surface area contributed by atoms with Crippen molar-refractivity contribution in [1.82, 2.24) is 14.5 Å². The predicted molar refractivity (Wildman–Crippen MR) is 128 cm³/mol. The smallest absolute Gasteiger partial charge is 0.311 e. The number of carbonyl (C=O) groups excluding carboxylic acids is 2. The van der Waals surface area contributed by atoms with Crippen LogP contribution in [0, 0.1) is 0 Å². The third-order valence-electron chi connectivity index (χ3n) is 5.59. The highest BCUT2D eigenvalue weighted by Crippen LogP contribution is 2.35. The van der Waals surface area contributed by atoms with E-state index in [0.29, 0.717) is 17.9 Å². The van der Waals surface area contributed by atoms with Gasteiger partial charge in [-0.3, -0.25) is 28.7 Å². The van der Waals surface area contributed by atoms with E-state index in [-0.39, 0.29) is 22.9 Å². The Kier molecular flexibility index (Phi) is 9.40. The van der Waals surface area contributed by atoms with E-state index in [1.165, 1.54) is 20.3 Å². The number of nitrogen functional groups attached to an aromatic ring is 1. The van der Waals surface area contributed by atoms with E-state index in [1.54, 1.807) is 0 Å². The molecule has 13 heteroatoms. The van der Waals surface area contributed by atoms with Gasteiger partial charge in [-0.25, -0.2) is 0 Å². The number of aromatic nitrogens is 3. The third kappa shape index (κ3) is 6.67. The largest absolute Gasteiger partial charge is 0.463 e. The van der Waals surface area contributed by atoms with Gasteiger partial charge in [0.1, 0.15) is 23.5 Å². The third-order valence-corrected chi connectivity index (χ3v) is 6.54. The van der Waals surface area contributed by atoms with Crippen molar-refractivity contribution in [3.8, 4) is 0 Å². The summed E-state index contributed by atoms with van der Waals surface area (Å²) in [4.78, 5) is 54.5. The fourth-order valence-corrected chi connectivity index (χ4v) is 4.88. The molecule has 0 radical (unpaired) electrons. The average molecular weight is 513 g/mol. The van der Waals surface area contributed by atoms with Crippen LogP contribution in [0.5, 0.6) is 0 Å². The maximum atomic E-state index is 12.9. The summed E-state index contributed by atoms with van der Waals surface area (Å²) in [5.74, 6) is -1.30. The molecule has 194 valence electrons. The van der Waals surface area contributed by atoms with E-state index < -0.39 is 46.9 Å². The number of aromatic amines is 1. The molecule has 35 heavy (non-hydrogen) atoms. The summed E-state index contributed by atoms with van der Waals surface area (Å²) in [6.07, 6.45) is 2.48. The van der Waals surface area contributed by atoms with Crippen LogP contribution in [0.25, 0.3) is 10.3 Å². The van der Waals surface area contributed by atoms with Gasteiger partial charge in [0.05, 0.1) is 0 Å². The number of thiazole rings is 1. The van der Waals surface area contributed by atoms with Crippen molar-refractivity contribution in [3.05, 3.63) is 20.0 Å². The summed E-state index contributed by atoms with van der Waals surface area (Å²) in [6.45, 7) is 4.85. The Morgan fingerprint density at radius 2 is 1.83 bits per heavy atom. The SMILES string of the molecule is CCCCCCCCO[C@@H]1[C@@H](OC(C)=O)[C@H](n2c(=O)sc3c(=O)[nH]c(N)nc32)O[C@@H]1COC(C)=O. The van der Waals surface area contributed by atoms with Crippen LogP contribution >= 0.6 is 11.3 Å². The molecule has 1 aliphatic heterocycles. The van der Waals surface area contributed by atoms with Crippen LogP contribution in [0.15, 0.2) is 9.59 Å². The molecule has 2 aromatic rings. The van der Waals surface area contributed by atoms with Crippen LogP contribution in [-0.4, -0.2) is 58.0 Å².